The lowest BCUT2D eigenvalue weighted by Gasteiger charge is -2.34. The summed E-state index contributed by atoms with van der Waals surface area (Å²) in [6.07, 6.45) is 5.77. The highest BCUT2D eigenvalue weighted by atomic mass is 127. The Bertz CT molecular complexity index is 769. The van der Waals surface area contributed by atoms with Gasteiger partial charge in [0.05, 0.1) is 37.8 Å². The third-order valence-corrected chi connectivity index (χ3v) is 4.56. The molecule has 0 aliphatic carbocycles. The topological polar surface area (TPSA) is 75.7 Å². The van der Waals surface area contributed by atoms with Crippen LogP contribution in [0.5, 0.6) is 0 Å². The molecular weight excluding hydrogens is 459 g/mol. The van der Waals surface area contributed by atoms with Crippen LogP contribution < -0.4 is 10.2 Å². The van der Waals surface area contributed by atoms with Crippen LogP contribution in [0.15, 0.2) is 23.6 Å². The van der Waals surface area contributed by atoms with Crippen molar-refractivity contribution in [2.75, 3.05) is 45.7 Å². The molecule has 1 aliphatic heterocycles. The minimum Gasteiger partial charge on any atom is -0.370 e. The molecule has 150 valence electrons. The number of aryl methyl sites for hydroxylation is 1. The van der Waals surface area contributed by atoms with E-state index in [9.17, 15) is 0 Å². The van der Waals surface area contributed by atoms with Crippen LogP contribution in [0, 0.1) is 0 Å². The van der Waals surface area contributed by atoms with Crippen LogP contribution in [-0.2, 0) is 25.4 Å². The Balaban J connectivity index is 0.00000261. The number of halogens is 1. The van der Waals surface area contributed by atoms with E-state index >= 15 is 0 Å². The third kappa shape index (κ3) is 4.92. The highest BCUT2D eigenvalue weighted by molar-refractivity contribution is 14.0. The molecule has 2 aromatic rings. The van der Waals surface area contributed by atoms with Crippen LogP contribution in [0.3, 0.4) is 0 Å². The lowest BCUT2D eigenvalue weighted by atomic mass is 10.1. The Morgan fingerprint density at radius 2 is 2.15 bits per heavy atom. The number of morpholine rings is 1. The predicted molar refractivity (Wildman–Crippen MR) is 117 cm³/mol. The molecule has 1 aliphatic rings. The van der Waals surface area contributed by atoms with Gasteiger partial charge in [-0.2, -0.15) is 5.10 Å². The quantitative estimate of drug-likeness (QED) is 0.393. The molecule has 0 spiro atoms. The summed E-state index contributed by atoms with van der Waals surface area (Å²) >= 11 is 0. The second-order valence-corrected chi connectivity index (χ2v) is 6.66. The van der Waals surface area contributed by atoms with Gasteiger partial charge in [-0.25, -0.2) is 4.98 Å². The highest BCUT2D eigenvalue weighted by Crippen LogP contribution is 2.21. The van der Waals surface area contributed by atoms with Crippen molar-refractivity contribution in [2.24, 2.45) is 19.1 Å². The van der Waals surface area contributed by atoms with Crippen molar-refractivity contribution in [1.29, 1.82) is 0 Å². The van der Waals surface area contributed by atoms with Crippen molar-refractivity contribution >= 4 is 35.9 Å². The number of anilines is 1. The first-order valence-corrected chi connectivity index (χ1v) is 8.73. The number of nitrogens with one attached hydrogen (secondary N) is 1. The first-order valence-electron chi connectivity index (χ1n) is 8.73. The van der Waals surface area contributed by atoms with E-state index < -0.39 is 0 Å². The molecule has 0 saturated carbocycles. The zero-order chi connectivity index (χ0) is 18.7. The summed E-state index contributed by atoms with van der Waals surface area (Å²) < 4.78 is 9.80. The molecule has 0 bridgehead atoms. The summed E-state index contributed by atoms with van der Waals surface area (Å²) in [5.41, 5.74) is 2.20. The first kappa shape index (κ1) is 21.5. The van der Waals surface area contributed by atoms with Crippen LogP contribution in [0.2, 0.25) is 0 Å². The number of nitrogens with zero attached hydrogens (tertiary/aromatic N) is 7. The minimum atomic E-state index is 0. The Kier molecular flexibility index (Phi) is 7.48. The number of hydrogen-bond acceptors (Lipinski definition) is 5. The normalized spacial score (nSPS) is 17.6. The maximum atomic E-state index is 5.92. The summed E-state index contributed by atoms with van der Waals surface area (Å²) in [5, 5.41) is 7.69. The molecule has 1 N–H and O–H groups in total. The van der Waals surface area contributed by atoms with Gasteiger partial charge >= 0.3 is 0 Å². The molecule has 1 unspecified atom stereocenters. The molecule has 9 nitrogen and oxygen atoms in total. The summed E-state index contributed by atoms with van der Waals surface area (Å²) in [7, 11) is 9.73. The maximum Gasteiger partial charge on any atom is 0.204 e. The molecule has 0 aromatic carbocycles. The van der Waals surface area contributed by atoms with Gasteiger partial charge in [-0.1, -0.05) is 0 Å². The molecule has 2 aromatic heterocycles. The average molecular weight is 488 g/mol. The van der Waals surface area contributed by atoms with E-state index in [2.05, 4.69) is 29.9 Å². The second-order valence-electron chi connectivity index (χ2n) is 6.66. The molecule has 0 radical (unpaired) electrons. The van der Waals surface area contributed by atoms with E-state index in [0.29, 0.717) is 13.2 Å². The van der Waals surface area contributed by atoms with E-state index in [1.807, 2.05) is 58.7 Å². The standard InChI is InChI=1S/C17H28N8O.HI/c1-18-16(19-9-14-10-20-17(22(2)3)24(14)5)25-6-7-26-15(12-25)13-8-21-23(4)11-13;/h8,10-11,15H,6-7,9,12H2,1-5H3,(H,18,19);1H. The van der Waals surface area contributed by atoms with Crippen molar-refractivity contribution in [2.45, 2.75) is 12.6 Å². The Morgan fingerprint density at radius 1 is 1.37 bits per heavy atom. The number of hydrogen-bond donors (Lipinski definition) is 1. The third-order valence-electron chi connectivity index (χ3n) is 4.56. The fourth-order valence-corrected chi connectivity index (χ4v) is 3.17. The molecule has 1 fully saturated rings. The fourth-order valence-electron chi connectivity index (χ4n) is 3.17. The Morgan fingerprint density at radius 3 is 2.74 bits per heavy atom. The van der Waals surface area contributed by atoms with E-state index in [4.69, 9.17) is 4.74 Å². The molecule has 0 amide bonds. The van der Waals surface area contributed by atoms with E-state index in [-0.39, 0.29) is 30.1 Å². The van der Waals surface area contributed by atoms with Crippen LogP contribution in [0.1, 0.15) is 17.4 Å². The monoisotopic (exact) mass is 488 g/mol. The molecular formula is C17H29IN8O. The van der Waals surface area contributed by atoms with E-state index in [1.54, 1.807) is 4.68 Å². The van der Waals surface area contributed by atoms with Crippen LogP contribution in [0.4, 0.5) is 5.95 Å². The number of rotatable bonds is 4. The van der Waals surface area contributed by atoms with Crippen molar-refractivity contribution < 1.29 is 4.74 Å². The van der Waals surface area contributed by atoms with E-state index in [1.165, 1.54) is 0 Å². The smallest absolute Gasteiger partial charge is 0.204 e. The van der Waals surface area contributed by atoms with Gasteiger partial charge in [0.2, 0.25) is 5.95 Å². The Labute approximate surface area is 177 Å². The van der Waals surface area contributed by atoms with E-state index in [0.717, 1.165) is 36.3 Å². The van der Waals surface area contributed by atoms with Crippen molar-refractivity contribution in [1.82, 2.24) is 29.5 Å². The van der Waals surface area contributed by atoms with Gasteiger partial charge in [0, 0.05) is 53.5 Å². The molecule has 1 saturated heterocycles. The van der Waals surface area contributed by atoms with Gasteiger partial charge in [0.1, 0.15) is 6.10 Å². The number of ether oxygens (including phenoxy) is 1. The van der Waals surface area contributed by atoms with Gasteiger partial charge < -0.3 is 24.4 Å². The molecule has 10 heteroatoms. The van der Waals surface area contributed by atoms with Crippen LogP contribution >= 0.6 is 24.0 Å². The lowest BCUT2D eigenvalue weighted by Crippen LogP contribution is -2.48. The minimum absolute atomic E-state index is 0. The highest BCUT2D eigenvalue weighted by Gasteiger charge is 2.25. The van der Waals surface area contributed by atoms with Gasteiger partial charge in [-0.05, 0) is 0 Å². The number of guanidine groups is 1. The Hall–Kier alpha value is -1.82. The average Bonchev–Trinajstić information content (AvgIpc) is 3.22. The zero-order valence-corrected chi connectivity index (χ0v) is 18.9. The fraction of sp³-hybridized carbons (Fsp3) is 0.588. The maximum absolute atomic E-state index is 5.92. The molecule has 1 atom stereocenters. The van der Waals surface area contributed by atoms with Crippen molar-refractivity contribution in [3.05, 3.63) is 29.8 Å². The molecule has 27 heavy (non-hydrogen) atoms. The largest absolute Gasteiger partial charge is 0.370 e. The van der Waals surface area contributed by atoms with Crippen LogP contribution in [-0.4, -0.2) is 71.0 Å². The summed E-state index contributed by atoms with van der Waals surface area (Å²) in [6, 6.07) is 0. The number of imidazole rings is 1. The van der Waals surface area contributed by atoms with Gasteiger partial charge in [0.15, 0.2) is 5.96 Å². The second kappa shape index (κ2) is 9.40. The van der Waals surface area contributed by atoms with Crippen LogP contribution in [0.25, 0.3) is 0 Å². The van der Waals surface area contributed by atoms with Gasteiger partial charge in [-0.3, -0.25) is 9.67 Å². The lowest BCUT2D eigenvalue weighted by molar-refractivity contribution is -0.00806. The van der Waals surface area contributed by atoms with Gasteiger partial charge in [0.25, 0.3) is 0 Å². The number of aliphatic imine (C=N–C) groups is 1. The zero-order valence-electron chi connectivity index (χ0n) is 16.6. The molecule has 3 heterocycles. The predicted octanol–water partition coefficient (Wildman–Crippen LogP) is 0.986. The SMILES string of the molecule is CN=C(NCc1cnc(N(C)C)n1C)N1CCOC(c2cnn(C)c2)C1.I. The summed E-state index contributed by atoms with van der Waals surface area (Å²) in [5.74, 6) is 1.80. The van der Waals surface area contributed by atoms with Crippen molar-refractivity contribution in [3.63, 3.8) is 0 Å². The molecule has 3 rings (SSSR count). The van der Waals surface area contributed by atoms with Crippen molar-refractivity contribution in [3.8, 4) is 0 Å². The summed E-state index contributed by atoms with van der Waals surface area (Å²) in [4.78, 5) is 13.1. The van der Waals surface area contributed by atoms with Gasteiger partial charge in [-0.15, -0.1) is 24.0 Å². The summed E-state index contributed by atoms with van der Waals surface area (Å²) in [6.45, 7) is 2.89. The first-order chi connectivity index (χ1) is 12.5. The number of aromatic nitrogens is 4.